The van der Waals surface area contributed by atoms with E-state index >= 15 is 0 Å². The van der Waals surface area contributed by atoms with Gasteiger partial charge in [-0.05, 0) is 40.6 Å². The van der Waals surface area contributed by atoms with Gasteiger partial charge in [0.05, 0.1) is 6.54 Å². The Morgan fingerprint density at radius 1 is 1.26 bits per heavy atom. The molecular formula is C24H20FN5O3S. The lowest BCUT2D eigenvalue weighted by atomic mass is 10.0. The molecule has 0 radical (unpaired) electrons. The average molecular weight is 478 g/mol. The number of halogens is 1. The van der Waals surface area contributed by atoms with Crippen LogP contribution < -0.4 is 26.2 Å². The molecule has 6 rings (SSSR count). The van der Waals surface area contributed by atoms with Gasteiger partial charge in [-0.3, -0.25) is 9.99 Å². The number of hydrogen-bond acceptors (Lipinski definition) is 7. The Labute approximate surface area is 194 Å². The summed E-state index contributed by atoms with van der Waals surface area (Å²) in [4.78, 5) is 9.08. The van der Waals surface area contributed by atoms with Crippen LogP contribution in [0.4, 0.5) is 10.2 Å². The smallest absolute Gasteiger partial charge is 0.226 e. The second-order valence-electron chi connectivity index (χ2n) is 8.57. The molecule has 1 aromatic heterocycles. The van der Waals surface area contributed by atoms with E-state index in [0.29, 0.717) is 33.0 Å². The number of ether oxygens (including phenoxy) is 1. The fraction of sp³-hybridized carbons (Fsp3) is 0.208. The van der Waals surface area contributed by atoms with Crippen molar-refractivity contribution < 1.29 is 17.5 Å². The zero-order valence-electron chi connectivity index (χ0n) is 18.2. The molecule has 0 unspecified atom stereocenters. The van der Waals surface area contributed by atoms with E-state index in [4.69, 9.17) is 4.74 Å². The van der Waals surface area contributed by atoms with Crippen LogP contribution in [0.25, 0.3) is 21.9 Å². The third kappa shape index (κ3) is 3.33. The lowest BCUT2D eigenvalue weighted by Gasteiger charge is -2.14. The number of benzene rings is 2. The summed E-state index contributed by atoms with van der Waals surface area (Å²) in [6.45, 7) is 3.65. The molecular weight excluding hydrogens is 457 g/mol. The molecule has 1 aliphatic carbocycles. The molecule has 3 heterocycles. The van der Waals surface area contributed by atoms with Crippen molar-refractivity contribution in [1.29, 1.82) is 0 Å². The van der Waals surface area contributed by atoms with E-state index in [9.17, 15) is 12.8 Å². The monoisotopic (exact) mass is 477 g/mol. The van der Waals surface area contributed by atoms with Gasteiger partial charge in [0, 0.05) is 53.4 Å². The highest BCUT2D eigenvalue weighted by molar-refractivity contribution is 8.06. The predicted octanol–water partition coefficient (Wildman–Crippen LogP) is 1.51. The number of hydrogen-bond donors (Lipinski definition) is 1. The minimum atomic E-state index is -3.35. The minimum Gasteiger partial charge on any atom is -0.489 e. The van der Waals surface area contributed by atoms with Gasteiger partial charge in [0.15, 0.2) is 9.84 Å². The molecule has 2 aromatic carbocycles. The molecule has 10 heteroatoms. The number of nitrogens with one attached hydrogen (secondary N) is 1. The van der Waals surface area contributed by atoms with Gasteiger partial charge in [-0.25, -0.2) is 22.8 Å². The third-order valence-electron chi connectivity index (χ3n) is 6.38. The molecule has 8 nitrogen and oxygen atoms in total. The Hall–Kier alpha value is -3.79. The lowest BCUT2D eigenvalue weighted by Crippen LogP contribution is -2.25. The first-order chi connectivity index (χ1) is 16.3. The Balaban J connectivity index is 1.43. The van der Waals surface area contributed by atoms with Gasteiger partial charge in [-0.15, -0.1) is 0 Å². The van der Waals surface area contributed by atoms with Gasteiger partial charge < -0.3 is 4.74 Å². The lowest BCUT2D eigenvalue weighted by molar-refractivity contribution is 0.318. The summed E-state index contributed by atoms with van der Waals surface area (Å²) in [5.74, 6) is 1.26. The molecule has 0 saturated heterocycles. The first-order valence-electron chi connectivity index (χ1n) is 10.7. The van der Waals surface area contributed by atoms with Crippen LogP contribution in [0.15, 0.2) is 46.6 Å². The summed E-state index contributed by atoms with van der Waals surface area (Å²) in [7, 11) is -1.58. The molecule has 0 amide bonds. The number of sulfone groups is 1. The quantitative estimate of drug-likeness (QED) is 0.444. The van der Waals surface area contributed by atoms with E-state index in [1.54, 1.807) is 36.0 Å². The van der Waals surface area contributed by atoms with E-state index in [1.165, 1.54) is 16.9 Å². The highest BCUT2D eigenvalue weighted by Gasteiger charge is 2.49. The summed E-state index contributed by atoms with van der Waals surface area (Å²) in [6.07, 6.45) is 2.71. The summed E-state index contributed by atoms with van der Waals surface area (Å²) in [5.41, 5.74) is 6.16. The van der Waals surface area contributed by atoms with Gasteiger partial charge >= 0.3 is 0 Å². The normalized spacial score (nSPS) is 20.9. The van der Waals surface area contributed by atoms with Gasteiger partial charge in [0.2, 0.25) is 5.62 Å². The Kier molecular flexibility index (Phi) is 4.50. The van der Waals surface area contributed by atoms with E-state index in [0.717, 1.165) is 23.3 Å². The summed E-state index contributed by atoms with van der Waals surface area (Å²) in [6, 6.07) is 8.46. The van der Waals surface area contributed by atoms with E-state index in [2.05, 4.69) is 27.2 Å². The van der Waals surface area contributed by atoms with Crippen molar-refractivity contribution in [2.45, 2.75) is 25.0 Å². The predicted molar refractivity (Wildman–Crippen MR) is 126 cm³/mol. The van der Waals surface area contributed by atoms with Crippen molar-refractivity contribution >= 4 is 33.2 Å². The molecule has 3 aliphatic rings. The molecule has 172 valence electrons. The Bertz CT molecular complexity index is 1690. The minimum absolute atomic E-state index is 0.129. The second-order valence-corrected chi connectivity index (χ2v) is 10.2. The first-order valence-corrected chi connectivity index (χ1v) is 12.3. The van der Waals surface area contributed by atoms with E-state index in [-0.39, 0.29) is 24.4 Å². The van der Waals surface area contributed by atoms with Crippen molar-refractivity contribution in [1.82, 2.24) is 9.55 Å². The van der Waals surface area contributed by atoms with Crippen molar-refractivity contribution in [2.75, 3.05) is 5.43 Å². The zero-order valence-corrected chi connectivity index (χ0v) is 19.0. The van der Waals surface area contributed by atoms with E-state index < -0.39 is 9.84 Å². The maximum absolute atomic E-state index is 14.7. The second kappa shape index (κ2) is 7.36. The van der Waals surface area contributed by atoms with Crippen LogP contribution in [0.3, 0.4) is 0 Å². The number of fused-ring (bicyclic) bond motifs is 4. The average Bonchev–Trinajstić information content (AvgIpc) is 3.35. The van der Waals surface area contributed by atoms with Crippen LogP contribution in [-0.2, 0) is 23.4 Å². The fourth-order valence-electron chi connectivity index (χ4n) is 4.66. The maximum Gasteiger partial charge on any atom is 0.226 e. The number of hydrazone groups is 1. The maximum atomic E-state index is 14.7. The molecule has 1 N–H and O–H groups in total. The summed E-state index contributed by atoms with van der Waals surface area (Å²) >= 11 is 0. The third-order valence-corrected chi connectivity index (χ3v) is 7.55. The number of nitrogens with zero attached hydrogens (tertiary/aromatic N) is 4. The SMILES string of the molecule is C=NNc1c(-c2ccc3c(c2)=CS(=O)(=O)C=3)cnc(=NCc2c(F)ccc3c2[C@H]2C[C@H]2O3)n1C. The molecule has 3 aromatic rings. The van der Waals surface area contributed by atoms with Crippen LogP contribution in [0.5, 0.6) is 5.75 Å². The number of aromatic nitrogens is 2. The fourth-order valence-corrected chi connectivity index (χ4v) is 5.86. The summed E-state index contributed by atoms with van der Waals surface area (Å²) in [5, 5.41) is 7.54. The Morgan fingerprint density at radius 3 is 2.91 bits per heavy atom. The molecule has 2 aliphatic heterocycles. The topological polar surface area (TPSA) is 97.9 Å². The van der Waals surface area contributed by atoms with Crippen LogP contribution in [0, 0.1) is 5.82 Å². The van der Waals surface area contributed by atoms with Gasteiger partial charge in [0.25, 0.3) is 0 Å². The highest BCUT2D eigenvalue weighted by Crippen LogP contribution is 2.55. The number of rotatable bonds is 5. The van der Waals surface area contributed by atoms with Crippen molar-refractivity contribution in [2.24, 2.45) is 17.1 Å². The molecule has 34 heavy (non-hydrogen) atoms. The van der Waals surface area contributed by atoms with Gasteiger partial charge in [-0.1, -0.05) is 12.1 Å². The summed E-state index contributed by atoms with van der Waals surface area (Å²) < 4.78 is 46.0. The number of anilines is 1. The van der Waals surface area contributed by atoms with Gasteiger partial charge in [0.1, 0.15) is 23.5 Å². The zero-order chi connectivity index (χ0) is 23.6. The standard InChI is InChI=1S/C24H20FN5O3S/c1-26-29-23-17(13-3-4-14-11-34(31,32)12-15(14)7-13)9-27-24(30(23)2)28-10-18-19(25)5-6-20-22(18)16-8-21(16)33-20/h3-7,9,11-12,16,21,29H,1,8,10H2,2H3/t16-,21+/m0/s1. The van der Waals surface area contributed by atoms with Crippen molar-refractivity contribution in [3.63, 3.8) is 0 Å². The van der Waals surface area contributed by atoms with Gasteiger partial charge in [-0.2, -0.15) is 5.10 Å². The first kappa shape index (κ1) is 20.8. The molecule has 1 saturated carbocycles. The molecule has 0 spiro atoms. The largest absolute Gasteiger partial charge is 0.489 e. The van der Waals surface area contributed by atoms with Crippen molar-refractivity contribution in [3.8, 4) is 16.9 Å². The van der Waals surface area contributed by atoms with Crippen molar-refractivity contribution in [3.05, 3.63) is 69.5 Å². The van der Waals surface area contributed by atoms with Crippen LogP contribution in [0.1, 0.15) is 23.5 Å². The van der Waals surface area contributed by atoms with Crippen LogP contribution in [0.2, 0.25) is 0 Å². The van der Waals surface area contributed by atoms with Crippen LogP contribution >= 0.6 is 0 Å². The molecule has 0 bridgehead atoms. The molecule has 1 fully saturated rings. The Morgan fingerprint density at radius 2 is 2.09 bits per heavy atom. The van der Waals surface area contributed by atoms with E-state index in [1.807, 2.05) is 6.07 Å². The molecule has 2 atom stereocenters. The van der Waals surface area contributed by atoms with Crippen LogP contribution in [-0.4, -0.2) is 30.8 Å². The highest BCUT2D eigenvalue weighted by atomic mass is 32.2.